The van der Waals surface area contributed by atoms with Crippen molar-refractivity contribution in [3.8, 4) is 0 Å². The average molecular weight is 376 g/mol. The number of hydrogen-bond acceptors (Lipinski definition) is 4. The Labute approximate surface area is 155 Å². The fourth-order valence-electron chi connectivity index (χ4n) is 2.80. The van der Waals surface area contributed by atoms with Crippen molar-refractivity contribution in [2.24, 2.45) is 0 Å². The van der Waals surface area contributed by atoms with Gasteiger partial charge in [0.2, 0.25) is 5.91 Å². The first-order chi connectivity index (χ1) is 12.3. The Bertz CT molecular complexity index is 835. The number of furan rings is 1. The number of nitrogens with zero attached hydrogens (tertiary/aromatic N) is 2. The Morgan fingerprint density at radius 3 is 2.58 bits per heavy atom. The number of halogens is 1. The summed E-state index contributed by atoms with van der Waals surface area (Å²) in [5.41, 5.74) is -0.638. The Morgan fingerprint density at radius 2 is 1.96 bits per heavy atom. The highest BCUT2D eigenvalue weighted by Gasteiger charge is 2.49. The van der Waals surface area contributed by atoms with Crippen molar-refractivity contribution in [2.45, 2.75) is 19.0 Å². The second kappa shape index (κ2) is 6.84. The van der Waals surface area contributed by atoms with Crippen LogP contribution in [0.4, 0.5) is 4.79 Å². The predicted molar refractivity (Wildman–Crippen MR) is 94.2 cm³/mol. The van der Waals surface area contributed by atoms with Crippen molar-refractivity contribution in [3.05, 3.63) is 59.0 Å². The van der Waals surface area contributed by atoms with Crippen LogP contribution in [-0.2, 0) is 21.7 Å². The van der Waals surface area contributed by atoms with Crippen LogP contribution in [0.15, 0.2) is 47.1 Å². The van der Waals surface area contributed by atoms with Gasteiger partial charge in [-0.25, -0.2) is 4.79 Å². The van der Waals surface area contributed by atoms with E-state index in [1.165, 1.54) is 11.2 Å². The Balaban J connectivity index is 1.72. The molecule has 0 bridgehead atoms. The quantitative estimate of drug-likeness (QED) is 0.813. The zero-order chi connectivity index (χ0) is 18.9. The lowest BCUT2D eigenvalue weighted by Gasteiger charge is -2.23. The Morgan fingerprint density at radius 1 is 1.27 bits per heavy atom. The molecule has 0 saturated carbocycles. The molecule has 2 heterocycles. The molecular formula is C18H18ClN3O4. The summed E-state index contributed by atoms with van der Waals surface area (Å²) >= 11 is 5.88. The van der Waals surface area contributed by atoms with E-state index in [-0.39, 0.29) is 19.0 Å². The van der Waals surface area contributed by atoms with Gasteiger partial charge in [-0.05, 0) is 36.8 Å². The highest BCUT2D eigenvalue weighted by atomic mass is 35.5. The summed E-state index contributed by atoms with van der Waals surface area (Å²) in [4.78, 5) is 39.8. The van der Waals surface area contributed by atoms with Gasteiger partial charge in [-0.15, -0.1) is 0 Å². The van der Waals surface area contributed by atoms with Crippen molar-refractivity contribution in [2.75, 3.05) is 13.6 Å². The van der Waals surface area contributed by atoms with E-state index in [1.54, 1.807) is 50.4 Å². The number of hydrogen-bond donors (Lipinski definition) is 1. The molecule has 0 aliphatic carbocycles. The molecule has 0 spiro atoms. The predicted octanol–water partition coefficient (Wildman–Crippen LogP) is 2.36. The Hall–Kier alpha value is -2.80. The van der Waals surface area contributed by atoms with Gasteiger partial charge in [0.05, 0.1) is 12.8 Å². The second-order valence-corrected chi connectivity index (χ2v) is 6.72. The molecule has 3 rings (SSSR count). The zero-order valence-electron chi connectivity index (χ0n) is 14.4. The van der Waals surface area contributed by atoms with E-state index < -0.39 is 17.5 Å². The van der Waals surface area contributed by atoms with Gasteiger partial charge in [0, 0.05) is 12.1 Å². The second-order valence-electron chi connectivity index (χ2n) is 6.28. The van der Waals surface area contributed by atoms with Crippen molar-refractivity contribution in [1.29, 1.82) is 0 Å². The molecule has 1 aromatic heterocycles. The van der Waals surface area contributed by atoms with Crippen LogP contribution >= 0.6 is 11.6 Å². The van der Waals surface area contributed by atoms with Gasteiger partial charge in [0.1, 0.15) is 17.8 Å². The zero-order valence-corrected chi connectivity index (χ0v) is 15.1. The van der Waals surface area contributed by atoms with Crippen molar-refractivity contribution in [1.82, 2.24) is 15.1 Å². The number of carbonyl (C=O) groups is 3. The van der Waals surface area contributed by atoms with Crippen LogP contribution in [-0.4, -0.2) is 41.2 Å². The van der Waals surface area contributed by atoms with Crippen LogP contribution in [0.3, 0.4) is 0 Å². The normalized spacial score (nSPS) is 19.6. The third-order valence-corrected chi connectivity index (χ3v) is 4.64. The standard InChI is InChI=1S/C18H18ClN3O4/c1-18(12-5-7-13(19)8-6-12)16(24)22(17(25)20-18)11-15(23)21(2)10-14-4-3-9-26-14/h3-9H,10-11H2,1-2H3,(H,20,25)/t18-/m0/s1. The summed E-state index contributed by atoms with van der Waals surface area (Å²) in [5.74, 6) is -0.237. The van der Waals surface area contributed by atoms with Gasteiger partial charge < -0.3 is 14.6 Å². The number of amides is 4. The molecule has 26 heavy (non-hydrogen) atoms. The van der Waals surface area contributed by atoms with Crippen LogP contribution in [0.5, 0.6) is 0 Å². The molecule has 2 aromatic rings. The first-order valence-electron chi connectivity index (χ1n) is 7.98. The maximum atomic E-state index is 12.8. The third-order valence-electron chi connectivity index (χ3n) is 4.39. The molecule has 1 aromatic carbocycles. The van der Waals surface area contributed by atoms with Crippen LogP contribution < -0.4 is 5.32 Å². The number of urea groups is 1. The lowest BCUT2D eigenvalue weighted by atomic mass is 9.92. The molecule has 1 aliphatic heterocycles. The number of carbonyl (C=O) groups excluding carboxylic acids is 3. The molecule has 1 N–H and O–H groups in total. The van der Waals surface area contributed by atoms with E-state index in [4.69, 9.17) is 16.0 Å². The smallest absolute Gasteiger partial charge is 0.325 e. The third kappa shape index (κ3) is 3.30. The summed E-state index contributed by atoms with van der Waals surface area (Å²) < 4.78 is 5.20. The number of likely N-dealkylation sites (N-methyl/N-ethyl adjacent to an activating group) is 1. The SMILES string of the molecule is CN(Cc1ccco1)C(=O)CN1C(=O)N[C@@](C)(c2ccc(Cl)cc2)C1=O. The van der Waals surface area contributed by atoms with E-state index in [0.29, 0.717) is 16.3 Å². The van der Waals surface area contributed by atoms with Crippen LogP contribution in [0, 0.1) is 0 Å². The van der Waals surface area contributed by atoms with Crippen LogP contribution in [0.25, 0.3) is 0 Å². The maximum Gasteiger partial charge on any atom is 0.325 e. The number of rotatable bonds is 5. The van der Waals surface area contributed by atoms with E-state index in [9.17, 15) is 14.4 Å². The summed E-state index contributed by atoms with van der Waals surface area (Å²) in [7, 11) is 1.59. The minimum atomic E-state index is -1.23. The maximum absolute atomic E-state index is 12.8. The van der Waals surface area contributed by atoms with Gasteiger partial charge >= 0.3 is 6.03 Å². The Kier molecular flexibility index (Phi) is 4.73. The number of imide groups is 1. The first-order valence-corrected chi connectivity index (χ1v) is 8.35. The minimum absolute atomic E-state index is 0.254. The van der Waals surface area contributed by atoms with Gasteiger partial charge in [0.15, 0.2) is 0 Å². The van der Waals surface area contributed by atoms with Crippen molar-refractivity contribution >= 4 is 29.4 Å². The monoisotopic (exact) mass is 375 g/mol. The molecule has 0 unspecified atom stereocenters. The molecule has 1 saturated heterocycles. The summed E-state index contributed by atoms with van der Waals surface area (Å²) in [6.07, 6.45) is 1.52. The van der Waals surface area contributed by atoms with Gasteiger partial charge in [-0.2, -0.15) is 0 Å². The van der Waals surface area contributed by atoms with E-state index in [0.717, 1.165) is 4.90 Å². The van der Waals surface area contributed by atoms with E-state index in [1.807, 2.05) is 0 Å². The number of benzene rings is 1. The van der Waals surface area contributed by atoms with Gasteiger partial charge in [-0.3, -0.25) is 14.5 Å². The molecular weight excluding hydrogens is 358 g/mol. The van der Waals surface area contributed by atoms with Crippen molar-refractivity contribution < 1.29 is 18.8 Å². The van der Waals surface area contributed by atoms with Gasteiger partial charge in [-0.1, -0.05) is 23.7 Å². The lowest BCUT2D eigenvalue weighted by molar-refractivity contribution is -0.138. The molecule has 1 fully saturated rings. The molecule has 1 aliphatic rings. The fourth-order valence-corrected chi connectivity index (χ4v) is 2.93. The lowest BCUT2D eigenvalue weighted by Crippen LogP contribution is -2.43. The van der Waals surface area contributed by atoms with E-state index >= 15 is 0 Å². The molecule has 0 radical (unpaired) electrons. The van der Waals surface area contributed by atoms with E-state index in [2.05, 4.69) is 5.32 Å². The largest absolute Gasteiger partial charge is 0.467 e. The number of nitrogens with one attached hydrogen (secondary N) is 1. The van der Waals surface area contributed by atoms with Crippen LogP contribution in [0.1, 0.15) is 18.2 Å². The highest BCUT2D eigenvalue weighted by Crippen LogP contribution is 2.29. The van der Waals surface area contributed by atoms with Crippen LogP contribution in [0.2, 0.25) is 5.02 Å². The summed E-state index contributed by atoms with van der Waals surface area (Å²) in [5, 5.41) is 3.19. The highest BCUT2D eigenvalue weighted by molar-refractivity contribution is 6.30. The summed E-state index contributed by atoms with van der Waals surface area (Å²) in [6, 6.07) is 9.51. The molecule has 4 amide bonds. The van der Waals surface area contributed by atoms with Gasteiger partial charge in [0.25, 0.3) is 5.91 Å². The summed E-state index contributed by atoms with van der Waals surface area (Å²) in [6.45, 7) is 1.52. The molecule has 7 nitrogen and oxygen atoms in total. The van der Waals surface area contributed by atoms with Crippen molar-refractivity contribution in [3.63, 3.8) is 0 Å². The fraction of sp³-hybridized carbons (Fsp3) is 0.278. The topological polar surface area (TPSA) is 82.9 Å². The molecule has 8 heteroatoms. The molecule has 136 valence electrons. The average Bonchev–Trinajstić information content (AvgIpc) is 3.18. The first kappa shape index (κ1) is 18.0. The minimum Gasteiger partial charge on any atom is -0.467 e. The molecule has 1 atom stereocenters.